The topological polar surface area (TPSA) is 111 Å². The summed E-state index contributed by atoms with van der Waals surface area (Å²) < 4.78 is 34.1. The number of quaternary nitrogens is 1. The zero-order valence-electron chi connectivity index (χ0n) is 47.7. The summed E-state index contributed by atoms with van der Waals surface area (Å²) in [6.45, 7) is 4.25. The molecule has 420 valence electrons. The number of hydrogen-bond acceptors (Lipinski definition) is 8. The number of unbranched alkanes of at least 4 members (excludes halogenated alkanes) is 39. The average Bonchev–Trinajstić information content (AvgIpc) is 3.33. The first-order valence-electron chi connectivity index (χ1n) is 30.5. The molecule has 9 nitrogen and oxygen atoms in total. The van der Waals surface area contributed by atoms with E-state index in [2.05, 4.69) is 38.2 Å². The molecule has 2 unspecified atom stereocenters. The van der Waals surface area contributed by atoms with Gasteiger partial charge in [-0.1, -0.05) is 269 Å². The van der Waals surface area contributed by atoms with Gasteiger partial charge in [-0.05, 0) is 44.9 Å². The van der Waals surface area contributed by atoms with Crippen molar-refractivity contribution in [2.75, 3.05) is 47.5 Å². The highest BCUT2D eigenvalue weighted by molar-refractivity contribution is 7.45. The van der Waals surface area contributed by atoms with Crippen LogP contribution in [0.2, 0.25) is 0 Å². The van der Waals surface area contributed by atoms with Gasteiger partial charge in [0.2, 0.25) is 0 Å². The summed E-state index contributed by atoms with van der Waals surface area (Å²) in [4.78, 5) is 37.7. The molecule has 0 rings (SSSR count). The van der Waals surface area contributed by atoms with Crippen LogP contribution >= 0.6 is 7.82 Å². The van der Waals surface area contributed by atoms with Crippen molar-refractivity contribution in [1.82, 2.24) is 0 Å². The van der Waals surface area contributed by atoms with E-state index in [1.54, 1.807) is 0 Å². The van der Waals surface area contributed by atoms with E-state index in [4.69, 9.17) is 18.5 Å². The lowest BCUT2D eigenvalue weighted by atomic mass is 10.0. The predicted molar refractivity (Wildman–Crippen MR) is 301 cm³/mol. The number of carbonyl (C=O) groups excluding carboxylic acids is 2. The Morgan fingerprint density at radius 1 is 0.437 bits per heavy atom. The van der Waals surface area contributed by atoms with Gasteiger partial charge in [0.25, 0.3) is 7.82 Å². The fourth-order valence-electron chi connectivity index (χ4n) is 8.98. The van der Waals surface area contributed by atoms with Crippen molar-refractivity contribution in [2.45, 2.75) is 309 Å². The fourth-order valence-corrected chi connectivity index (χ4v) is 9.71. The van der Waals surface area contributed by atoms with Crippen molar-refractivity contribution in [3.8, 4) is 0 Å². The molecule has 10 heteroatoms. The highest BCUT2D eigenvalue weighted by Gasteiger charge is 2.22. The maximum atomic E-state index is 12.8. The maximum Gasteiger partial charge on any atom is 0.306 e. The zero-order valence-corrected chi connectivity index (χ0v) is 48.6. The van der Waals surface area contributed by atoms with E-state index in [9.17, 15) is 19.0 Å². The Labute approximate surface area is 440 Å². The number of likely N-dealkylation sites (N-methyl/N-ethyl adjacent to an activating group) is 1. The summed E-state index contributed by atoms with van der Waals surface area (Å²) >= 11 is 0. The van der Waals surface area contributed by atoms with Gasteiger partial charge in [-0.15, -0.1) is 0 Å². The maximum absolute atomic E-state index is 12.8. The van der Waals surface area contributed by atoms with Crippen LogP contribution in [0.1, 0.15) is 303 Å². The van der Waals surface area contributed by atoms with Gasteiger partial charge in [-0.25, -0.2) is 0 Å². The fraction of sp³-hybridized carbons (Fsp3) is 0.902. The van der Waals surface area contributed by atoms with Crippen LogP contribution in [-0.2, 0) is 32.7 Å². The average molecular weight is 1020 g/mol. The molecule has 0 aromatic heterocycles. The molecule has 71 heavy (non-hydrogen) atoms. The highest BCUT2D eigenvalue weighted by atomic mass is 31.2. The molecule has 0 fully saturated rings. The SMILES string of the molecule is CCCCCCC/C=C\C/C=C\CCCCCCCCCCCCCCCCCCCCCCCCCCCC(=O)OC(COC(=O)CCCCCCCCCCCC)COP(=O)([O-])OCC[N+](C)(C)C. The van der Waals surface area contributed by atoms with Gasteiger partial charge >= 0.3 is 11.9 Å². The summed E-state index contributed by atoms with van der Waals surface area (Å²) in [7, 11) is 1.18. The summed E-state index contributed by atoms with van der Waals surface area (Å²) in [5.74, 6) is -0.819. The third-order valence-electron chi connectivity index (χ3n) is 13.7. The molecule has 0 aromatic rings. The van der Waals surface area contributed by atoms with Gasteiger partial charge in [0.1, 0.15) is 19.8 Å². The first-order chi connectivity index (χ1) is 34.5. The Morgan fingerprint density at radius 3 is 1.11 bits per heavy atom. The van der Waals surface area contributed by atoms with E-state index < -0.39 is 26.5 Å². The van der Waals surface area contributed by atoms with Gasteiger partial charge in [0.15, 0.2) is 6.10 Å². The molecule has 0 saturated heterocycles. The van der Waals surface area contributed by atoms with Crippen molar-refractivity contribution < 1.29 is 42.1 Å². The summed E-state index contributed by atoms with van der Waals surface area (Å²) in [6.07, 6.45) is 64.1. The summed E-state index contributed by atoms with van der Waals surface area (Å²) in [5, 5.41) is 0. The summed E-state index contributed by atoms with van der Waals surface area (Å²) in [5.41, 5.74) is 0. The van der Waals surface area contributed by atoms with E-state index in [0.717, 1.165) is 38.5 Å². The molecule has 0 aliphatic carbocycles. The first kappa shape index (κ1) is 69.5. The minimum absolute atomic E-state index is 0.0268. The molecule has 2 atom stereocenters. The van der Waals surface area contributed by atoms with Crippen LogP contribution in [0.15, 0.2) is 24.3 Å². The van der Waals surface area contributed by atoms with Crippen LogP contribution < -0.4 is 4.89 Å². The molecule has 0 spiro atoms. The molecular weight excluding hydrogens is 906 g/mol. The van der Waals surface area contributed by atoms with Gasteiger partial charge < -0.3 is 27.9 Å². The van der Waals surface area contributed by atoms with E-state index in [1.165, 1.54) is 231 Å². The molecule has 0 saturated carbocycles. The lowest BCUT2D eigenvalue weighted by molar-refractivity contribution is -0.870. The molecule has 0 aliphatic heterocycles. The second-order valence-corrected chi connectivity index (χ2v) is 23.5. The van der Waals surface area contributed by atoms with Crippen LogP contribution in [-0.4, -0.2) is 70.0 Å². The van der Waals surface area contributed by atoms with Gasteiger partial charge in [0.05, 0.1) is 27.7 Å². The van der Waals surface area contributed by atoms with Crippen molar-refractivity contribution >= 4 is 19.8 Å². The van der Waals surface area contributed by atoms with E-state index in [0.29, 0.717) is 17.4 Å². The third kappa shape index (κ3) is 57.6. The number of esters is 2. The van der Waals surface area contributed by atoms with E-state index in [-0.39, 0.29) is 32.0 Å². The molecule has 0 radical (unpaired) electrons. The van der Waals surface area contributed by atoms with Crippen LogP contribution in [0.4, 0.5) is 0 Å². The standard InChI is InChI=1S/C61H118NO8P/c1-6-8-10-12-14-16-18-19-20-21-22-23-24-25-26-27-28-29-30-31-32-33-34-35-36-37-38-39-40-41-42-43-44-46-48-50-52-54-61(64)70-59(58-69-71(65,66)68-56-55-62(3,4)5)57-67-60(63)53-51-49-47-45-17-15-13-11-9-7-2/h18-19,21-22,59H,6-17,20,23-58H2,1-5H3/b19-18-,22-21-. The van der Waals surface area contributed by atoms with Crippen molar-refractivity contribution in [2.24, 2.45) is 0 Å². The number of carbonyl (C=O) groups is 2. The van der Waals surface area contributed by atoms with Crippen molar-refractivity contribution in [1.29, 1.82) is 0 Å². The van der Waals surface area contributed by atoms with Crippen LogP contribution in [0, 0.1) is 0 Å². The number of phosphoric acid groups is 1. The Kier molecular flexibility index (Phi) is 52.2. The lowest BCUT2D eigenvalue weighted by Crippen LogP contribution is -2.37. The normalized spacial score (nSPS) is 13.4. The minimum atomic E-state index is -4.62. The number of ether oxygens (including phenoxy) is 2. The molecule has 0 aliphatic rings. The third-order valence-corrected chi connectivity index (χ3v) is 14.7. The lowest BCUT2D eigenvalue weighted by Gasteiger charge is -2.28. The van der Waals surface area contributed by atoms with E-state index >= 15 is 0 Å². The number of nitrogens with zero attached hydrogens (tertiary/aromatic N) is 1. The second-order valence-electron chi connectivity index (χ2n) is 22.1. The van der Waals surface area contributed by atoms with Gasteiger partial charge in [0, 0.05) is 12.8 Å². The van der Waals surface area contributed by atoms with Gasteiger partial charge in [-0.3, -0.25) is 14.2 Å². The predicted octanol–water partition coefficient (Wildman–Crippen LogP) is 18.4. The molecule has 0 amide bonds. The van der Waals surface area contributed by atoms with Crippen molar-refractivity contribution in [3.63, 3.8) is 0 Å². The van der Waals surface area contributed by atoms with Crippen LogP contribution in [0.5, 0.6) is 0 Å². The monoisotopic (exact) mass is 1020 g/mol. The highest BCUT2D eigenvalue weighted by Crippen LogP contribution is 2.38. The Balaban J connectivity index is 3.84. The van der Waals surface area contributed by atoms with Crippen molar-refractivity contribution in [3.05, 3.63) is 24.3 Å². The Morgan fingerprint density at radius 2 is 0.761 bits per heavy atom. The number of hydrogen-bond donors (Lipinski definition) is 0. The molecule has 0 bridgehead atoms. The quantitative estimate of drug-likeness (QED) is 0.0195. The van der Waals surface area contributed by atoms with Crippen LogP contribution in [0.3, 0.4) is 0 Å². The molecular formula is C61H118NO8P. The molecule has 0 N–H and O–H groups in total. The second kappa shape index (κ2) is 53.3. The smallest absolute Gasteiger partial charge is 0.306 e. The van der Waals surface area contributed by atoms with Gasteiger partial charge in [-0.2, -0.15) is 0 Å². The largest absolute Gasteiger partial charge is 0.756 e. The number of rotatable bonds is 57. The molecule has 0 heterocycles. The number of allylic oxidation sites excluding steroid dienone is 4. The minimum Gasteiger partial charge on any atom is -0.756 e. The van der Waals surface area contributed by atoms with Crippen LogP contribution in [0.25, 0.3) is 0 Å². The molecule has 0 aromatic carbocycles. The Bertz CT molecular complexity index is 1250. The first-order valence-corrected chi connectivity index (χ1v) is 32.0. The van der Waals surface area contributed by atoms with E-state index in [1.807, 2.05) is 21.1 Å². The summed E-state index contributed by atoms with van der Waals surface area (Å²) in [6, 6.07) is 0. The Hall–Kier alpha value is -1.51. The zero-order chi connectivity index (χ0) is 52.0. The number of phosphoric ester groups is 1.